The number of nitrogens with one attached hydrogen (secondary N) is 2. The standard InChI is InChI=1S/C7H11N3O3S2/c1-8-6(11)3-5-4-14-7(9-5)10-15(2,12)13/h4H,3H2,1-2H3,(H,8,11)(H,9,10). The number of rotatable bonds is 4. The molecule has 1 amide bonds. The summed E-state index contributed by atoms with van der Waals surface area (Å²) < 4.78 is 24.0. The lowest BCUT2D eigenvalue weighted by Gasteiger charge is -1.97. The molecule has 6 nitrogen and oxygen atoms in total. The first kappa shape index (κ1) is 11.9. The molecule has 0 fully saturated rings. The van der Waals surface area contributed by atoms with E-state index in [0.29, 0.717) is 5.69 Å². The summed E-state index contributed by atoms with van der Waals surface area (Å²) in [4.78, 5) is 14.9. The van der Waals surface area contributed by atoms with Crippen molar-refractivity contribution < 1.29 is 13.2 Å². The van der Waals surface area contributed by atoms with Crippen LogP contribution in [0.5, 0.6) is 0 Å². The Morgan fingerprint density at radius 3 is 2.80 bits per heavy atom. The van der Waals surface area contributed by atoms with E-state index < -0.39 is 10.0 Å². The quantitative estimate of drug-likeness (QED) is 0.773. The van der Waals surface area contributed by atoms with Crippen LogP contribution < -0.4 is 10.0 Å². The average Bonchev–Trinajstić information content (AvgIpc) is 2.49. The molecule has 0 aromatic carbocycles. The maximum Gasteiger partial charge on any atom is 0.231 e. The van der Waals surface area contributed by atoms with Crippen molar-refractivity contribution in [3.8, 4) is 0 Å². The monoisotopic (exact) mass is 249 g/mol. The number of carbonyl (C=O) groups is 1. The van der Waals surface area contributed by atoms with Crippen LogP contribution in [0.4, 0.5) is 5.13 Å². The predicted molar refractivity (Wildman–Crippen MR) is 58.4 cm³/mol. The second kappa shape index (κ2) is 4.58. The van der Waals surface area contributed by atoms with Gasteiger partial charge in [-0.3, -0.25) is 9.52 Å². The molecule has 15 heavy (non-hydrogen) atoms. The van der Waals surface area contributed by atoms with E-state index in [0.717, 1.165) is 17.6 Å². The number of carbonyl (C=O) groups excluding carboxylic acids is 1. The van der Waals surface area contributed by atoms with Gasteiger partial charge in [0.15, 0.2) is 5.13 Å². The topological polar surface area (TPSA) is 88.2 Å². The summed E-state index contributed by atoms with van der Waals surface area (Å²) in [6.07, 6.45) is 1.20. The van der Waals surface area contributed by atoms with Crippen molar-refractivity contribution in [2.24, 2.45) is 0 Å². The third-order valence-electron chi connectivity index (χ3n) is 1.44. The fourth-order valence-corrected chi connectivity index (χ4v) is 2.41. The molecule has 0 bridgehead atoms. The summed E-state index contributed by atoms with van der Waals surface area (Å²) in [5.41, 5.74) is 0.547. The largest absolute Gasteiger partial charge is 0.359 e. The van der Waals surface area contributed by atoms with Gasteiger partial charge in [-0.2, -0.15) is 0 Å². The van der Waals surface area contributed by atoms with E-state index in [2.05, 4.69) is 15.0 Å². The van der Waals surface area contributed by atoms with Gasteiger partial charge in [0.05, 0.1) is 18.4 Å². The first-order chi connectivity index (χ1) is 6.90. The molecular formula is C7H11N3O3S2. The Bertz CT molecular complexity index is 452. The summed E-state index contributed by atoms with van der Waals surface area (Å²) in [5, 5.41) is 4.37. The smallest absolute Gasteiger partial charge is 0.231 e. The van der Waals surface area contributed by atoms with Gasteiger partial charge in [0.25, 0.3) is 0 Å². The van der Waals surface area contributed by atoms with Gasteiger partial charge in [-0.1, -0.05) is 0 Å². The Morgan fingerprint density at radius 2 is 2.27 bits per heavy atom. The van der Waals surface area contributed by atoms with Gasteiger partial charge in [0.1, 0.15) is 0 Å². The SMILES string of the molecule is CNC(=O)Cc1csc(NS(C)(=O)=O)n1. The van der Waals surface area contributed by atoms with Gasteiger partial charge in [0, 0.05) is 12.4 Å². The van der Waals surface area contributed by atoms with Crippen LogP contribution in [0.25, 0.3) is 0 Å². The molecule has 1 aromatic heterocycles. The summed E-state index contributed by atoms with van der Waals surface area (Å²) in [6, 6.07) is 0. The van der Waals surface area contributed by atoms with E-state index in [9.17, 15) is 13.2 Å². The molecule has 0 saturated carbocycles. The zero-order valence-electron chi connectivity index (χ0n) is 8.27. The number of nitrogens with zero attached hydrogens (tertiary/aromatic N) is 1. The van der Waals surface area contributed by atoms with Gasteiger partial charge < -0.3 is 5.32 Å². The molecule has 0 aliphatic heterocycles. The van der Waals surface area contributed by atoms with E-state index >= 15 is 0 Å². The van der Waals surface area contributed by atoms with Crippen LogP contribution in [0, 0.1) is 0 Å². The van der Waals surface area contributed by atoms with Crippen molar-refractivity contribution in [3.63, 3.8) is 0 Å². The van der Waals surface area contributed by atoms with Gasteiger partial charge in [-0.05, 0) is 0 Å². The van der Waals surface area contributed by atoms with Crippen molar-refractivity contribution in [3.05, 3.63) is 11.1 Å². The fourth-order valence-electron chi connectivity index (χ4n) is 0.847. The van der Waals surface area contributed by atoms with Gasteiger partial charge in [-0.15, -0.1) is 11.3 Å². The van der Waals surface area contributed by atoms with Crippen molar-refractivity contribution in [2.45, 2.75) is 6.42 Å². The first-order valence-electron chi connectivity index (χ1n) is 4.03. The predicted octanol–water partition coefficient (Wildman–Crippen LogP) is -0.197. The summed E-state index contributed by atoms with van der Waals surface area (Å²) in [6.45, 7) is 0. The molecule has 8 heteroatoms. The normalized spacial score (nSPS) is 11.1. The van der Waals surface area contributed by atoms with Gasteiger partial charge in [-0.25, -0.2) is 13.4 Å². The van der Waals surface area contributed by atoms with Crippen LogP contribution in [0.1, 0.15) is 5.69 Å². The molecule has 0 atom stereocenters. The number of hydrogen-bond donors (Lipinski definition) is 2. The van der Waals surface area contributed by atoms with Crippen LogP contribution in [-0.2, 0) is 21.2 Å². The molecule has 0 saturated heterocycles. The molecule has 0 spiro atoms. The molecule has 0 aliphatic carbocycles. The minimum atomic E-state index is -3.30. The van der Waals surface area contributed by atoms with Crippen LogP contribution in [0.15, 0.2) is 5.38 Å². The lowest BCUT2D eigenvalue weighted by molar-refractivity contribution is -0.120. The second-order valence-corrected chi connectivity index (χ2v) is 5.47. The van der Waals surface area contributed by atoms with E-state index in [1.165, 1.54) is 7.05 Å². The summed E-state index contributed by atoms with van der Waals surface area (Å²) >= 11 is 1.15. The zero-order valence-corrected chi connectivity index (χ0v) is 9.91. The summed E-state index contributed by atoms with van der Waals surface area (Å²) in [5.74, 6) is -0.161. The number of aromatic nitrogens is 1. The lowest BCUT2D eigenvalue weighted by Crippen LogP contribution is -2.20. The zero-order chi connectivity index (χ0) is 11.5. The average molecular weight is 249 g/mol. The molecule has 0 unspecified atom stereocenters. The highest BCUT2D eigenvalue weighted by Gasteiger charge is 2.08. The van der Waals surface area contributed by atoms with E-state index in [4.69, 9.17) is 0 Å². The van der Waals surface area contributed by atoms with E-state index in [1.807, 2.05) is 0 Å². The maximum atomic E-state index is 11.0. The fraction of sp³-hybridized carbons (Fsp3) is 0.429. The third kappa shape index (κ3) is 4.26. The highest BCUT2D eigenvalue weighted by molar-refractivity contribution is 7.92. The maximum absolute atomic E-state index is 11.0. The highest BCUT2D eigenvalue weighted by atomic mass is 32.2. The lowest BCUT2D eigenvalue weighted by atomic mass is 10.3. The minimum absolute atomic E-state index is 0.151. The number of thiazole rings is 1. The van der Waals surface area contributed by atoms with E-state index in [-0.39, 0.29) is 17.5 Å². The van der Waals surface area contributed by atoms with Crippen LogP contribution in [0.2, 0.25) is 0 Å². The summed E-state index contributed by atoms with van der Waals surface area (Å²) in [7, 11) is -1.77. The Labute approximate surface area is 91.8 Å². The van der Waals surface area contributed by atoms with Crippen molar-refractivity contribution >= 4 is 32.4 Å². The number of sulfonamides is 1. The van der Waals surface area contributed by atoms with Gasteiger partial charge >= 0.3 is 0 Å². The molecule has 84 valence electrons. The van der Waals surface area contributed by atoms with Crippen molar-refractivity contribution in [2.75, 3.05) is 18.0 Å². The third-order valence-corrected chi connectivity index (χ3v) is 2.94. The van der Waals surface area contributed by atoms with Crippen LogP contribution in [-0.4, -0.2) is 32.6 Å². The molecule has 0 radical (unpaired) electrons. The Kier molecular flexibility index (Phi) is 3.64. The first-order valence-corrected chi connectivity index (χ1v) is 6.80. The highest BCUT2D eigenvalue weighted by Crippen LogP contribution is 2.16. The molecule has 1 heterocycles. The van der Waals surface area contributed by atoms with Gasteiger partial charge in [0.2, 0.25) is 15.9 Å². The van der Waals surface area contributed by atoms with E-state index in [1.54, 1.807) is 5.38 Å². The molecule has 1 rings (SSSR count). The minimum Gasteiger partial charge on any atom is -0.359 e. The molecule has 1 aromatic rings. The molecular weight excluding hydrogens is 238 g/mol. The number of anilines is 1. The number of hydrogen-bond acceptors (Lipinski definition) is 5. The molecule has 0 aliphatic rings. The Hall–Kier alpha value is -1.15. The Morgan fingerprint density at radius 1 is 1.60 bits per heavy atom. The van der Waals surface area contributed by atoms with Crippen LogP contribution in [0.3, 0.4) is 0 Å². The second-order valence-electron chi connectivity index (χ2n) is 2.87. The van der Waals surface area contributed by atoms with Crippen molar-refractivity contribution in [1.29, 1.82) is 0 Å². The Balaban J connectivity index is 2.69. The van der Waals surface area contributed by atoms with Crippen LogP contribution >= 0.6 is 11.3 Å². The number of amides is 1. The number of likely N-dealkylation sites (N-methyl/N-ethyl adjacent to an activating group) is 1. The van der Waals surface area contributed by atoms with Crippen molar-refractivity contribution in [1.82, 2.24) is 10.3 Å². The molecule has 2 N–H and O–H groups in total.